The first-order chi connectivity index (χ1) is 11.6. The number of furan rings is 1. The molecule has 0 aliphatic heterocycles. The average Bonchev–Trinajstić information content (AvgIpc) is 3.11. The minimum absolute atomic E-state index is 0.212. The van der Waals surface area contributed by atoms with Crippen LogP contribution in [0.2, 0.25) is 0 Å². The normalized spacial score (nSPS) is 10.3. The molecule has 0 fully saturated rings. The molecule has 0 saturated carbocycles. The van der Waals surface area contributed by atoms with Crippen LogP contribution in [0.4, 0.5) is 0 Å². The van der Waals surface area contributed by atoms with Crippen LogP contribution in [-0.4, -0.2) is 17.0 Å². The fraction of sp³-hybridized carbons (Fsp3) is 0.0526. The van der Waals surface area contributed by atoms with Gasteiger partial charge in [-0.2, -0.15) is 0 Å². The van der Waals surface area contributed by atoms with Crippen molar-refractivity contribution in [2.45, 2.75) is 6.54 Å². The van der Waals surface area contributed by atoms with Gasteiger partial charge in [-0.1, -0.05) is 42.5 Å². The summed E-state index contributed by atoms with van der Waals surface area (Å²) in [7, 11) is 0. The molecule has 1 heterocycles. The van der Waals surface area contributed by atoms with E-state index in [2.05, 4.69) is 5.32 Å². The van der Waals surface area contributed by atoms with E-state index in [-0.39, 0.29) is 17.2 Å². The molecule has 120 valence electrons. The summed E-state index contributed by atoms with van der Waals surface area (Å²) in [6.45, 7) is 0.292. The van der Waals surface area contributed by atoms with Crippen LogP contribution >= 0.6 is 0 Å². The van der Waals surface area contributed by atoms with Gasteiger partial charge in [-0.25, -0.2) is 4.79 Å². The first-order valence-electron chi connectivity index (χ1n) is 7.39. The van der Waals surface area contributed by atoms with E-state index in [9.17, 15) is 9.59 Å². The van der Waals surface area contributed by atoms with Gasteiger partial charge >= 0.3 is 5.97 Å². The average molecular weight is 321 g/mol. The number of rotatable bonds is 5. The Hall–Kier alpha value is -3.34. The monoisotopic (exact) mass is 321 g/mol. The molecule has 0 radical (unpaired) electrons. The highest BCUT2D eigenvalue weighted by Crippen LogP contribution is 2.21. The topological polar surface area (TPSA) is 79.5 Å². The molecule has 1 amide bonds. The third-order valence-corrected chi connectivity index (χ3v) is 3.54. The van der Waals surface area contributed by atoms with E-state index in [0.717, 1.165) is 11.1 Å². The Morgan fingerprint density at radius 3 is 2.29 bits per heavy atom. The summed E-state index contributed by atoms with van der Waals surface area (Å²) >= 11 is 0. The molecule has 5 heteroatoms. The molecule has 2 N–H and O–H groups in total. The Labute approximate surface area is 138 Å². The predicted molar refractivity (Wildman–Crippen MR) is 88.7 cm³/mol. The van der Waals surface area contributed by atoms with Crippen molar-refractivity contribution in [3.8, 4) is 11.3 Å². The second-order valence-electron chi connectivity index (χ2n) is 5.21. The zero-order valence-electron chi connectivity index (χ0n) is 12.7. The summed E-state index contributed by atoms with van der Waals surface area (Å²) in [6.07, 6.45) is 0. The lowest BCUT2D eigenvalue weighted by molar-refractivity contribution is 0.0696. The number of benzene rings is 2. The van der Waals surface area contributed by atoms with Gasteiger partial charge in [0.05, 0.1) is 5.56 Å². The highest BCUT2D eigenvalue weighted by atomic mass is 16.4. The third-order valence-electron chi connectivity index (χ3n) is 3.54. The number of carbonyl (C=O) groups is 2. The van der Waals surface area contributed by atoms with Crippen molar-refractivity contribution in [2.75, 3.05) is 0 Å². The largest absolute Gasteiger partial charge is 0.478 e. The smallest absolute Gasteiger partial charge is 0.335 e. The van der Waals surface area contributed by atoms with Gasteiger partial charge in [0.1, 0.15) is 5.76 Å². The van der Waals surface area contributed by atoms with Crippen molar-refractivity contribution >= 4 is 11.9 Å². The van der Waals surface area contributed by atoms with Gasteiger partial charge < -0.3 is 14.8 Å². The van der Waals surface area contributed by atoms with Gasteiger partial charge in [-0.05, 0) is 29.8 Å². The second kappa shape index (κ2) is 6.83. The molecule has 3 rings (SSSR count). The second-order valence-corrected chi connectivity index (χ2v) is 5.21. The van der Waals surface area contributed by atoms with Crippen molar-refractivity contribution in [3.63, 3.8) is 0 Å². The number of hydrogen-bond acceptors (Lipinski definition) is 3. The molecular weight excluding hydrogens is 306 g/mol. The molecular formula is C19H15NO4. The Morgan fingerprint density at radius 2 is 1.62 bits per heavy atom. The van der Waals surface area contributed by atoms with Gasteiger partial charge in [0.25, 0.3) is 5.91 Å². The molecule has 24 heavy (non-hydrogen) atoms. The van der Waals surface area contributed by atoms with Crippen molar-refractivity contribution in [2.24, 2.45) is 0 Å². The lowest BCUT2D eigenvalue weighted by atomic mass is 10.1. The van der Waals surface area contributed by atoms with Crippen LogP contribution in [0.15, 0.2) is 71.1 Å². The molecule has 3 aromatic rings. The molecule has 0 bridgehead atoms. The van der Waals surface area contributed by atoms with E-state index < -0.39 is 5.97 Å². The van der Waals surface area contributed by atoms with Crippen LogP contribution < -0.4 is 5.32 Å². The molecule has 1 aromatic heterocycles. The number of nitrogens with one attached hydrogen (secondary N) is 1. The maximum absolute atomic E-state index is 12.1. The summed E-state index contributed by atoms with van der Waals surface area (Å²) in [5.74, 6) is -0.434. The molecule has 0 aliphatic carbocycles. The van der Waals surface area contributed by atoms with Crippen LogP contribution in [0.3, 0.4) is 0 Å². The SMILES string of the molecule is O=C(O)c1ccc(CNC(=O)c2ccc(-c3ccccc3)o2)cc1. The highest BCUT2D eigenvalue weighted by Gasteiger charge is 2.12. The Balaban J connectivity index is 1.63. The first kappa shape index (κ1) is 15.6. The molecule has 0 spiro atoms. The number of carbonyl (C=O) groups excluding carboxylic acids is 1. The van der Waals surface area contributed by atoms with Crippen LogP contribution in [-0.2, 0) is 6.54 Å². The van der Waals surface area contributed by atoms with E-state index in [1.54, 1.807) is 24.3 Å². The molecule has 0 aliphatic rings. The third kappa shape index (κ3) is 3.52. The predicted octanol–water partition coefficient (Wildman–Crippen LogP) is 3.57. The maximum Gasteiger partial charge on any atom is 0.335 e. The first-order valence-corrected chi connectivity index (χ1v) is 7.39. The van der Waals surface area contributed by atoms with Crippen LogP contribution in [0.25, 0.3) is 11.3 Å². The van der Waals surface area contributed by atoms with Gasteiger partial charge in [-0.3, -0.25) is 4.79 Å². The number of aromatic carboxylic acids is 1. The van der Waals surface area contributed by atoms with E-state index >= 15 is 0 Å². The van der Waals surface area contributed by atoms with E-state index in [1.165, 1.54) is 12.1 Å². The van der Waals surface area contributed by atoms with E-state index in [1.807, 2.05) is 30.3 Å². The zero-order valence-corrected chi connectivity index (χ0v) is 12.7. The van der Waals surface area contributed by atoms with Crippen molar-refractivity contribution in [1.82, 2.24) is 5.32 Å². The standard InChI is InChI=1S/C19H15NO4/c21-18(20-12-13-6-8-15(9-7-13)19(22)23)17-11-10-16(24-17)14-4-2-1-3-5-14/h1-11H,12H2,(H,20,21)(H,22,23). The number of carboxylic acids is 1. The number of hydrogen-bond donors (Lipinski definition) is 2. The molecule has 0 unspecified atom stereocenters. The number of carboxylic acid groups (broad SMARTS) is 1. The lowest BCUT2D eigenvalue weighted by Crippen LogP contribution is -2.22. The van der Waals surface area contributed by atoms with Crippen LogP contribution in [0.1, 0.15) is 26.5 Å². The maximum atomic E-state index is 12.1. The number of amides is 1. The van der Waals surface area contributed by atoms with Crippen LogP contribution in [0, 0.1) is 0 Å². The minimum Gasteiger partial charge on any atom is -0.478 e. The summed E-state index contributed by atoms with van der Waals surface area (Å²) < 4.78 is 5.58. The van der Waals surface area contributed by atoms with Crippen molar-refractivity contribution < 1.29 is 19.1 Å². The minimum atomic E-state index is -0.977. The van der Waals surface area contributed by atoms with E-state index in [0.29, 0.717) is 12.3 Å². The van der Waals surface area contributed by atoms with Gasteiger partial charge in [0.15, 0.2) is 5.76 Å². The summed E-state index contributed by atoms with van der Waals surface area (Å²) in [5, 5.41) is 11.6. The van der Waals surface area contributed by atoms with Gasteiger partial charge in [0, 0.05) is 12.1 Å². The van der Waals surface area contributed by atoms with Gasteiger partial charge in [-0.15, -0.1) is 0 Å². The summed E-state index contributed by atoms with van der Waals surface area (Å²) in [4.78, 5) is 22.9. The Bertz CT molecular complexity index is 851. The summed E-state index contributed by atoms with van der Waals surface area (Å²) in [6, 6.07) is 19.3. The van der Waals surface area contributed by atoms with Crippen LogP contribution in [0.5, 0.6) is 0 Å². The van der Waals surface area contributed by atoms with E-state index in [4.69, 9.17) is 9.52 Å². The quantitative estimate of drug-likeness (QED) is 0.753. The zero-order chi connectivity index (χ0) is 16.9. The van der Waals surface area contributed by atoms with Crippen molar-refractivity contribution in [3.05, 3.63) is 83.6 Å². The molecule has 0 atom stereocenters. The lowest BCUT2D eigenvalue weighted by Gasteiger charge is -2.04. The fourth-order valence-corrected chi connectivity index (χ4v) is 2.25. The Kier molecular flexibility index (Phi) is 4.43. The highest BCUT2D eigenvalue weighted by molar-refractivity contribution is 5.92. The molecule has 0 saturated heterocycles. The fourth-order valence-electron chi connectivity index (χ4n) is 2.25. The van der Waals surface area contributed by atoms with Crippen molar-refractivity contribution in [1.29, 1.82) is 0 Å². The van der Waals surface area contributed by atoms with Gasteiger partial charge in [0.2, 0.25) is 0 Å². The molecule has 2 aromatic carbocycles. The summed E-state index contributed by atoms with van der Waals surface area (Å²) in [5.41, 5.74) is 1.92. The Morgan fingerprint density at radius 1 is 0.917 bits per heavy atom. The molecule has 5 nitrogen and oxygen atoms in total.